The van der Waals surface area contributed by atoms with Crippen molar-refractivity contribution in [1.29, 1.82) is 0 Å². The fourth-order valence-corrected chi connectivity index (χ4v) is 3.03. The van der Waals surface area contributed by atoms with Gasteiger partial charge in [0.05, 0.1) is 0 Å². The Morgan fingerprint density at radius 3 is 2.60 bits per heavy atom. The molecular weight excluding hydrogens is 248 g/mol. The number of pyridine rings is 1. The lowest BCUT2D eigenvalue weighted by Crippen LogP contribution is -2.51. The Labute approximate surface area is 123 Å². The molecule has 1 fully saturated rings. The van der Waals surface area contributed by atoms with Gasteiger partial charge in [0.25, 0.3) is 0 Å². The van der Waals surface area contributed by atoms with Crippen molar-refractivity contribution in [1.82, 2.24) is 14.8 Å². The van der Waals surface area contributed by atoms with Gasteiger partial charge in [-0.3, -0.25) is 14.8 Å². The molecule has 1 aliphatic heterocycles. The largest absolute Gasteiger partial charge is 0.329 e. The molecule has 112 valence electrons. The maximum Gasteiger partial charge on any atom is 0.0313 e. The minimum atomic E-state index is 0.572. The van der Waals surface area contributed by atoms with Crippen LogP contribution in [0, 0.1) is 6.92 Å². The van der Waals surface area contributed by atoms with E-state index in [1.54, 1.807) is 0 Å². The van der Waals surface area contributed by atoms with Crippen LogP contribution in [0.5, 0.6) is 0 Å². The number of hydrogen-bond donors (Lipinski definition) is 1. The molecule has 0 aromatic carbocycles. The van der Waals surface area contributed by atoms with Gasteiger partial charge in [-0.25, -0.2) is 0 Å². The van der Waals surface area contributed by atoms with Crippen LogP contribution in [0.1, 0.15) is 30.9 Å². The van der Waals surface area contributed by atoms with Crippen LogP contribution < -0.4 is 5.73 Å². The summed E-state index contributed by atoms with van der Waals surface area (Å²) >= 11 is 0. The summed E-state index contributed by atoms with van der Waals surface area (Å²) < 4.78 is 0. The van der Waals surface area contributed by atoms with Gasteiger partial charge in [-0.15, -0.1) is 0 Å². The van der Waals surface area contributed by atoms with E-state index in [9.17, 15) is 0 Å². The molecule has 1 aromatic rings. The zero-order valence-electron chi connectivity index (χ0n) is 12.9. The minimum Gasteiger partial charge on any atom is -0.329 e. The molecule has 1 unspecified atom stereocenters. The molecule has 4 heteroatoms. The van der Waals surface area contributed by atoms with Gasteiger partial charge in [0.1, 0.15) is 0 Å². The molecule has 0 amide bonds. The van der Waals surface area contributed by atoms with Crippen LogP contribution in [0.2, 0.25) is 0 Å². The van der Waals surface area contributed by atoms with Crippen LogP contribution in [0.3, 0.4) is 0 Å². The van der Waals surface area contributed by atoms with E-state index in [4.69, 9.17) is 5.73 Å². The van der Waals surface area contributed by atoms with Gasteiger partial charge in [0.15, 0.2) is 0 Å². The highest BCUT2D eigenvalue weighted by Crippen LogP contribution is 2.13. The van der Waals surface area contributed by atoms with Crippen molar-refractivity contribution in [2.24, 2.45) is 5.73 Å². The fraction of sp³-hybridized carbons (Fsp3) is 0.688. The summed E-state index contributed by atoms with van der Waals surface area (Å²) in [5, 5.41) is 0. The average molecular weight is 276 g/mol. The molecule has 0 bridgehead atoms. The summed E-state index contributed by atoms with van der Waals surface area (Å²) in [6, 6.07) is 2.81. The van der Waals surface area contributed by atoms with E-state index in [1.165, 1.54) is 24.0 Å². The normalized spacial score (nSPS) is 19.1. The van der Waals surface area contributed by atoms with Crippen molar-refractivity contribution >= 4 is 0 Å². The lowest BCUT2D eigenvalue weighted by Gasteiger charge is -2.39. The summed E-state index contributed by atoms with van der Waals surface area (Å²) in [6.45, 7) is 10.7. The van der Waals surface area contributed by atoms with Gasteiger partial charge < -0.3 is 5.73 Å². The molecule has 20 heavy (non-hydrogen) atoms. The second-order valence-electron chi connectivity index (χ2n) is 5.86. The standard InChI is InChI=1S/C16H28N4/c1-3-4-16(10-17)20-7-5-19(6-8-20)13-15-9-14(2)11-18-12-15/h9,11-12,16H,3-8,10,13,17H2,1-2H3. The molecule has 2 N–H and O–H groups in total. The molecular formula is C16H28N4. The van der Waals surface area contributed by atoms with Gasteiger partial charge in [-0.1, -0.05) is 19.4 Å². The van der Waals surface area contributed by atoms with E-state index < -0.39 is 0 Å². The third kappa shape index (κ3) is 4.27. The maximum absolute atomic E-state index is 5.90. The molecule has 1 atom stereocenters. The van der Waals surface area contributed by atoms with Crippen molar-refractivity contribution in [3.63, 3.8) is 0 Å². The molecule has 1 saturated heterocycles. The fourth-order valence-electron chi connectivity index (χ4n) is 3.03. The van der Waals surface area contributed by atoms with Crippen LogP contribution in [-0.4, -0.2) is 53.5 Å². The van der Waals surface area contributed by atoms with E-state index in [-0.39, 0.29) is 0 Å². The summed E-state index contributed by atoms with van der Waals surface area (Å²) in [5.74, 6) is 0. The third-order valence-corrected chi connectivity index (χ3v) is 4.16. The van der Waals surface area contributed by atoms with Crippen LogP contribution in [0.15, 0.2) is 18.5 Å². The summed E-state index contributed by atoms with van der Waals surface area (Å²) in [5.41, 5.74) is 8.47. The first-order valence-corrected chi connectivity index (χ1v) is 7.80. The number of nitrogens with zero attached hydrogens (tertiary/aromatic N) is 3. The smallest absolute Gasteiger partial charge is 0.0313 e. The predicted octanol–water partition coefficient (Wildman–Crippen LogP) is 1.64. The van der Waals surface area contributed by atoms with Crippen LogP contribution >= 0.6 is 0 Å². The highest BCUT2D eigenvalue weighted by atomic mass is 15.3. The van der Waals surface area contributed by atoms with Crippen molar-refractivity contribution in [2.75, 3.05) is 32.7 Å². The first-order valence-electron chi connectivity index (χ1n) is 7.80. The van der Waals surface area contributed by atoms with Gasteiger partial charge >= 0.3 is 0 Å². The highest BCUT2D eigenvalue weighted by Gasteiger charge is 2.22. The molecule has 2 rings (SSSR count). The Kier molecular flexibility index (Phi) is 5.95. The molecule has 0 saturated carbocycles. The monoisotopic (exact) mass is 276 g/mol. The van der Waals surface area contributed by atoms with Crippen LogP contribution in [-0.2, 0) is 6.54 Å². The zero-order valence-corrected chi connectivity index (χ0v) is 12.9. The zero-order chi connectivity index (χ0) is 14.4. The van der Waals surface area contributed by atoms with E-state index >= 15 is 0 Å². The van der Waals surface area contributed by atoms with E-state index in [0.717, 1.165) is 39.3 Å². The Morgan fingerprint density at radius 2 is 2.00 bits per heavy atom. The minimum absolute atomic E-state index is 0.572. The number of piperazine rings is 1. The first kappa shape index (κ1) is 15.4. The number of aromatic nitrogens is 1. The number of hydrogen-bond acceptors (Lipinski definition) is 4. The van der Waals surface area contributed by atoms with Gasteiger partial charge in [-0.2, -0.15) is 0 Å². The topological polar surface area (TPSA) is 45.4 Å². The summed E-state index contributed by atoms with van der Waals surface area (Å²) in [4.78, 5) is 9.36. The highest BCUT2D eigenvalue weighted by molar-refractivity contribution is 5.16. The van der Waals surface area contributed by atoms with Crippen molar-refractivity contribution in [3.05, 3.63) is 29.6 Å². The average Bonchev–Trinajstić information content (AvgIpc) is 2.46. The Hall–Kier alpha value is -0.970. The molecule has 0 aliphatic carbocycles. The van der Waals surface area contributed by atoms with Gasteiger partial charge in [-0.05, 0) is 24.5 Å². The van der Waals surface area contributed by atoms with Gasteiger partial charge in [0.2, 0.25) is 0 Å². The first-order chi connectivity index (χ1) is 9.72. The number of aryl methyl sites for hydroxylation is 1. The molecule has 0 spiro atoms. The molecule has 2 heterocycles. The Morgan fingerprint density at radius 1 is 1.25 bits per heavy atom. The summed E-state index contributed by atoms with van der Waals surface area (Å²) in [6.07, 6.45) is 6.34. The van der Waals surface area contributed by atoms with Crippen LogP contribution in [0.4, 0.5) is 0 Å². The van der Waals surface area contributed by atoms with E-state index in [2.05, 4.69) is 34.7 Å². The summed E-state index contributed by atoms with van der Waals surface area (Å²) in [7, 11) is 0. The van der Waals surface area contributed by atoms with Crippen LogP contribution in [0.25, 0.3) is 0 Å². The predicted molar refractivity (Wildman–Crippen MR) is 83.6 cm³/mol. The number of rotatable bonds is 6. The van der Waals surface area contributed by atoms with Gasteiger partial charge in [0, 0.05) is 57.7 Å². The van der Waals surface area contributed by atoms with Crippen molar-refractivity contribution in [2.45, 2.75) is 39.3 Å². The van der Waals surface area contributed by atoms with Crippen molar-refractivity contribution < 1.29 is 0 Å². The molecule has 4 nitrogen and oxygen atoms in total. The Balaban J connectivity index is 1.82. The lowest BCUT2D eigenvalue weighted by atomic mass is 10.1. The quantitative estimate of drug-likeness (QED) is 0.858. The maximum atomic E-state index is 5.90. The molecule has 0 radical (unpaired) electrons. The SMILES string of the molecule is CCCC(CN)N1CCN(Cc2cncc(C)c2)CC1. The van der Waals surface area contributed by atoms with E-state index in [1.807, 2.05) is 12.4 Å². The second kappa shape index (κ2) is 7.72. The molecule has 1 aliphatic rings. The third-order valence-electron chi connectivity index (χ3n) is 4.16. The lowest BCUT2D eigenvalue weighted by molar-refractivity contribution is 0.0904. The second-order valence-corrected chi connectivity index (χ2v) is 5.86. The molecule has 1 aromatic heterocycles. The van der Waals surface area contributed by atoms with E-state index in [0.29, 0.717) is 6.04 Å². The van der Waals surface area contributed by atoms with Crippen molar-refractivity contribution in [3.8, 4) is 0 Å². The number of nitrogens with two attached hydrogens (primary N) is 1. The Bertz CT molecular complexity index is 399.